The first-order valence-electron chi connectivity index (χ1n) is 6.69. The minimum absolute atomic E-state index is 0.0723. The largest absolute Gasteiger partial charge is 0.397 e. The summed E-state index contributed by atoms with van der Waals surface area (Å²) in [7, 11) is 2.01. The van der Waals surface area contributed by atoms with Crippen LogP contribution in [0.4, 0.5) is 17.1 Å². The van der Waals surface area contributed by atoms with Crippen molar-refractivity contribution in [2.24, 2.45) is 0 Å². The lowest BCUT2D eigenvalue weighted by molar-refractivity contribution is -0.116. The summed E-state index contributed by atoms with van der Waals surface area (Å²) in [6.45, 7) is 0.785. The van der Waals surface area contributed by atoms with Crippen molar-refractivity contribution < 1.29 is 4.79 Å². The van der Waals surface area contributed by atoms with Crippen LogP contribution in [0.2, 0.25) is 0 Å². The molecule has 6 heteroatoms. The molecule has 2 aromatic rings. The number of rotatable bonds is 3. The summed E-state index contributed by atoms with van der Waals surface area (Å²) in [6.07, 6.45) is 1.29. The molecule has 110 valence electrons. The molecule has 1 aliphatic heterocycles. The molecule has 0 saturated heterocycles. The lowest BCUT2D eigenvalue weighted by Gasteiger charge is -2.24. The van der Waals surface area contributed by atoms with Gasteiger partial charge in [-0.2, -0.15) is 0 Å². The topological polar surface area (TPSA) is 58.4 Å². The monoisotopic (exact) mass is 365 g/mol. The third kappa shape index (κ3) is 3.06. The maximum atomic E-state index is 11.5. The first kappa shape index (κ1) is 14.4. The maximum absolute atomic E-state index is 11.5. The van der Waals surface area contributed by atoms with E-state index in [9.17, 15) is 4.79 Å². The number of amides is 1. The molecule has 1 aliphatic rings. The summed E-state index contributed by atoms with van der Waals surface area (Å²) in [5.41, 5.74) is 9.87. The molecule has 3 N–H and O–H groups in total. The van der Waals surface area contributed by atoms with Gasteiger partial charge in [0.1, 0.15) is 0 Å². The molecule has 0 aliphatic carbocycles. The van der Waals surface area contributed by atoms with E-state index in [2.05, 4.69) is 37.6 Å². The van der Waals surface area contributed by atoms with E-state index in [1.165, 1.54) is 4.88 Å². The molecule has 1 aromatic heterocycles. The molecule has 0 fully saturated rings. The van der Waals surface area contributed by atoms with Gasteiger partial charge < -0.3 is 16.0 Å². The van der Waals surface area contributed by atoms with E-state index in [4.69, 9.17) is 5.73 Å². The SMILES string of the molecule is CN(Cc1cc(Br)cs1)c1cc2c(cc1N)CCC(=O)N2. The summed E-state index contributed by atoms with van der Waals surface area (Å²) < 4.78 is 1.10. The summed E-state index contributed by atoms with van der Waals surface area (Å²) in [5.74, 6) is 0.0723. The lowest BCUT2D eigenvalue weighted by Crippen LogP contribution is -2.22. The zero-order valence-corrected chi connectivity index (χ0v) is 14.1. The number of thiophene rings is 1. The van der Waals surface area contributed by atoms with E-state index in [1.807, 2.05) is 19.2 Å². The average Bonchev–Trinajstić information content (AvgIpc) is 2.83. The van der Waals surface area contributed by atoms with E-state index in [-0.39, 0.29) is 5.91 Å². The molecule has 0 unspecified atom stereocenters. The van der Waals surface area contributed by atoms with Crippen LogP contribution in [0.15, 0.2) is 28.1 Å². The van der Waals surface area contributed by atoms with Crippen LogP contribution in [0, 0.1) is 0 Å². The third-order valence-electron chi connectivity index (χ3n) is 3.57. The molecule has 1 amide bonds. The molecule has 0 saturated carbocycles. The Balaban J connectivity index is 1.87. The van der Waals surface area contributed by atoms with Gasteiger partial charge in [0.2, 0.25) is 5.91 Å². The predicted molar refractivity (Wildman–Crippen MR) is 91.9 cm³/mol. The number of nitrogens with zero attached hydrogens (tertiary/aromatic N) is 1. The second kappa shape index (κ2) is 5.69. The highest BCUT2D eigenvalue weighted by atomic mass is 79.9. The summed E-state index contributed by atoms with van der Waals surface area (Å²) >= 11 is 5.18. The Morgan fingerprint density at radius 2 is 2.19 bits per heavy atom. The smallest absolute Gasteiger partial charge is 0.224 e. The first-order chi connectivity index (χ1) is 10.0. The molecule has 0 spiro atoms. The average molecular weight is 366 g/mol. The van der Waals surface area contributed by atoms with Crippen molar-refractivity contribution in [1.82, 2.24) is 0 Å². The lowest BCUT2D eigenvalue weighted by atomic mass is 10.0. The quantitative estimate of drug-likeness (QED) is 0.816. The molecule has 0 atom stereocenters. The Bertz CT molecular complexity index is 698. The maximum Gasteiger partial charge on any atom is 0.224 e. The van der Waals surface area contributed by atoms with Gasteiger partial charge in [0.25, 0.3) is 0 Å². The molecule has 21 heavy (non-hydrogen) atoms. The van der Waals surface area contributed by atoms with Crippen LogP contribution in [0.5, 0.6) is 0 Å². The first-order valence-corrected chi connectivity index (χ1v) is 8.36. The van der Waals surface area contributed by atoms with Crippen molar-refractivity contribution in [2.75, 3.05) is 23.0 Å². The number of nitrogen functional groups attached to an aromatic ring is 1. The Hall–Kier alpha value is -1.53. The van der Waals surface area contributed by atoms with E-state index in [1.54, 1.807) is 11.3 Å². The second-order valence-corrected chi connectivity index (χ2v) is 7.12. The van der Waals surface area contributed by atoms with Crippen molar-refractivity contribution in [3.8, 4) is 0 Å². The zero-order chi connectivity index (χ0) is 15.0. The number of halogens is 1. The number of carbonyl (C=O) groups excluding carboxylic acids is 1. The molecule has 0 bridgehead atoms. The van der Waals surface area contributed by atoms with Crippen LogP contribution in [-0.4, -0.2) is 13.0 Å². The van der Waals surface area contributed by atoms with E-state index in [0.29, 0.717) is 6.42 Å². The standard InChI is InChI=1S/C15H16BrN3OS/c1-19(7-11-5-10(16)8-21-11)14-6-13-9(4-12(14)17)2-3-15(20)18-13/h4-6,8H,2-3,7,17H2,1H3,(H,18,20). The van der Waals surface area contributed by atoms with Crippen molar-refractivity contribution in [1.29, 1.82) is 0 Å². The summed E-state index contributed by atoms with van der Waals surface area (Å²) in [4.78, 5) is 14.9. The number of anilines is 3. The van der Waals surface area contributed by atoms with Crippen molar-refractivity contribution in [3.05, 3.63) is 38.5 Å². The highest BCUT2D eigenvalue weighted by Crippen LogP contribution is 2.34. The number of hydrogen-bond acceptors (Lipinski definition) is 4. The molecular formula is C15H16BrN3OS. The molecule has 3 rings (SSSR count). The molecule has 4 nitrogen and oxygen atoms in total. The summed E-state index contributed by atoms with van der Waals surface area (Å²) in [5, 5.41) is 4.99. The van der Waals surface area contributed by atoms with Gasteiger partial charge in [0.05, 0.1) is 17.9 Å². The minimum Gasteiger partial charge on any atom is -0.397 e. The zero-order valence-electron chi connectivity index (χ0n) is 11.6. The summed E-state index contributed by atoms with van der Waals surface area (Å²) in [6, 6.07) is 6.06. The minimum atomic E-state index is 0.0723. The fourth-order valence-corrected chi connectivity index (χ4v) is 4.03. The Morgan fingerprint density at radius 1 is 1.38 bits per heavy atom. The van der Waals surface area contributed by atoms with Crippen LogP contribution in [0.3, 0.4) is 0 Å². The number of hydrogen-bond donors (Lipinski definition) is 2. The Labute approximate surface area is 136 Å². The van der Waals surface area contributed by atoms with Gasteiger partial charge in [-0.1, -0.05) is 0 Å². The second-order valence-electron chi connectivity index (χ2n) is 5.20. The molecule has 1 aromatic carbocycles. The predicted octanol–water partition coefficient (Wildman–Crippen LogP) is 3.61. The molecule has 0 radical (unpaired) electrons. The van der Waals surface area contributed by atoms with Gasteiger partial charge in [0.15, 0.2) is 0 Å². The molecular weight excluding hydrogens is 350 g/mol. The van der Waals surface area contributed by atoms with Gasteiger partial charge >= 0.3 is 0 Å². The third-order valence-corrected chi connectivity index (χ3v) is 5.26. The number of aryl methyl sites for hydroxylation is 1. The van der Waals surface area contributed by atoms with Crippen LogP contribution in [-0.2, 0) is 17.8 Å². The van der Waals surface area contributed by atoms with Gasteiger partial charge in [-0.25, -0.2) is 0 Å². The molecule has 2 heterocycles. The van der Waals surface area contributed by atoms with Gasteiger partial charge in [-0.3, -0.25) is 4.79 Å². The number of benzene rings is 1. The number of fused-ring (bicyclic) bond motifs is 1. The van der Waals surface area contributed by atoms with Gasteiger partial charge in [0, 0.05) is 33.9 Å². The number of carbonyl (C=O) groups is 1. The highest BCUT2D eigenvalue weighted by molar-refractivity contribution is 9.10. The van der Waals surface area contributed by atoms with Crippen LogP contribution in [0.25, 0.3) is 0 Å². The van der Waals surface area contributed by atoms with E-state index in [0.717, 1.165) is 40.1 Å². The van der Waals surface area contributed by atoms with Crippen molar-refractivity contribution in [3.63, 3.8) is 0 Å². The Morgan fingerprint density at radius 3 is 2.90 bits per heavy atom. The number of nitrogens with one attached hydrogen (secondary N) is 1. The van der Waals surface area contributed by atoms with Crippen LogP contribution < -0.4 is 16.0 Å². The van der Waals surface area contributed by atoms with Gasteiger partial charge in [-0.05, 0) is 46.1 Å². The van der Waals surface area contributed by atoms with E-state index >= 15 is 0 Å². The van der Waals surface area contributed by atoms with E-state index < -0.39 is 0 Å². The Kier molecular flexibility index (Phi) is 3.91. The van der Waals surface area contributed by atoms with Crippen LogP contribution in [0.1, 0.15) is 16.9 Å². The normalized spacial score (nSPS) is 13.7. The van der Waals surface area contributed by atoms with Gasteiger partial charge in [-0.15, -0.1) is 11.3 Å². The van der Waals surface area contributed by atoms with Crippen molar-refractivity contribution >= 4 is 50.2 Å². The highest BCUT2D eigenvalue weighted by Gasteiger charge is 2.18. The van der Waals surface area contributed by atoms with Crippen LogP contribution >= 0.6 is 27.3 Å². The number of nitrogens with two attached hydrogens (primary N) is 1. The van der Waals surface area contributed by atoms with Crippen molar-refractivity contribution in [2.45, 2.75) is 19.4 Å². The fraction of sp³-hybridized carbons (Fsp3) is 0.267. The fourth-order valence-electron chi connectivity index (χ4n) is 2.52.